The van der Waals surface area contributed by atoms with Crippen LogP contribution in [0.2, 0.25) is 0 Å². The number of phenolic OH excluding ortho intramolecular Hbond substituents is 2. The molecule has 2 saturated heterocycles. The second kappa shape index (κ2) is 35.0. The Labute approximate surface area is 688 Å². The summed E-state index contributed by atoms with van der Waals surface area (Å²) in [6.45, 7) is -3.27. The molecule has 0 saturated carbocycles. The fourth-order valence-electron chi connectivity index (χ4n) is 13.7. The number of hydrogen-bond acceptors (Lipinski definition) is 34. The lowest BCUT2D eigenvalue weighted by molar-refractivity contribution is -0.746. The van der Waals surface area contributed by atoms with Crippen LogP contribution >= 0.6 is 31.3 Å². The zero-order valence-corrected chi connectivity index (χ0v) is 66.7. The van der Waals surface area contributed by atoms with Gasteiger partial charge in [0.2, 0.25) is 23.5 Å². The van der Waals surface area contributed by atoms with Gasteiger partial charge in [0.1, 0.15) is 52.5 Å². The molecular formula is C70H66N14O36P4. The van der Waals surface area contributed by atoms with E-state index >= 15 is 0 Å². The van der Waals surface area contributed by atoms with Crippen LogP contribution in [-0.4, -0.2) is 191 Å². The lowest BCUT2D eigenvalue weighted by atomic mass is 9.90. The first-order valence-corrected chi connectivity index (χ1v) is 41.6. The number of nitrogens with two attached hydrogens (primary N) is 2. The molecule has 2 aliphatic carbocycles. The standard InChI is InChI=1S/2C35H33N7O18P2/c1-41-14-42(29-26(41)31(47)40-34(36)39-29)32-27(45)28(24(58-32)13-56-62(54,55)60-61(51,52)53)59-35(50)38-9-8-37-30(46)15-2-5-18(21(10-15)33(48)49)25-19-6-3-16(43)11-22(19)57-23-12-17(44)4-7-20(23)25;1-41-14-42(29-26(41)31(47)40-34(36)39-29)32-28(27(45)24(58-32)13-56-62(54,55)60-61(51,52)53)59-35(50)38-9-8-37-30(46)15-2-5-18(21(10-15)33(48)49)25-19-6-3-16(43)11-22(19)57-23-12-17(44)4-7-20(23)25/h2*2-7,10-12,14,24,27-28,32,45H,8-9,13H2,1H3,(H9-,36,37,38,39,40,43,44,46,47,48,49,50,51,52,53,54,55)/t2*24-,27-,28-,32-/m11/s1. The third kappa shape index (κ3) is 19.5. The number of nitrogen functional groups attached to an aromatic ring is 2. The highest BCUT2D eigenvalue weighted by Gasteiger charge is 2.53. The number of nitrogens with zero attached hydrogens (tertiary/aromatic N) is 6. The summed E-state index contributed by atoms with van der Waals surface area (Å²) in [5.41, 5.74) is 10.4. The van der Waals surface area contributed by atoms with Crippen LogP contribution in [0.25, 0.3) is 89.2 Å². The van der Waals surface area contributed by atoms with Crippen molar-refractivity contribution in [2.24, 2.45) is 14.1 Å². The monoisotopic (exact) mass is 1800 g/mol. The summed E-state index contributed by atoms with van der Waals surface area (Å²) in [5.74, 6) is -4.96. The minimum atomic E-state index is -5.78. The molecule has 14 rings (SSSR count). The number of carbonyl (C=O) groups is 6. The molecule has 4 unspecified atom stereocenters. The fourth-order valence-corrected chi connectivity index (χ4v) is 16.8. The summed E-state index contributed by atoms with van der Waals surface area (Å²) < 4.78 is 102. The fraction of sp³-hybridized carbons (Fsp3) is 0.229. The van der Waals surface area contributed by atoms with E-state index in [-0.39, 0.29) is 139 Å². The van der Waals surface area contributed by atoms with Crippen molar-refractivity contribution in [2.45, 2.75) is 49.1 Å². The highest BCUT2D eigenvalue weighted by Crippen LogP contribution is 2.57. The average Bonchev–Trinajstić information content (AvgIpc) is 1.59. The van der Waals surface area contributed by atoms with Gasteiger partial charge in [-0.15, -0.1) is 0 Å². The van der Waals surface area contributed by atoms with Gasteiger partial charge in [-0.1, -0.05) is 22.1 Å². The molecule has 4 aliphatic heterocycles. The van der Waals surface area contributed by atoms with Crippen LogP contribution in [0.5, 0.6) is 11.5 Å². The van der Waals surface area contributed by atoms with Crippen LogP contribution in [0, 0.1) is 0 Å². The van der Waals surface area contributed by atoms with Gasteiger partial charge in [0.05, 0.1) is 38.4 Å². The second-order valence-electron chi connectivity index (χ2n) is 27.1. The Balaban J connectivity index is 0.000000213. The van der Waals surface area contributed by atoms with Crippen molar-refractivity contribution >= 4 is 123 Å². The van der Waals surface area contributed by atoms with Crippen LogP contribution < -0.4 is 73.6 Å². The average molecular weight is 1800 g/mol. The summed E-state index contributed by atoms with van der Waals surface area (Å²) >= 11 is 0. The van der Waals surface area contributed by atoms with E-state index in [1.807, 2.05) is 0 Å². The number of phosphoric acid groups is 4. The summed E-state index contributed by atoms with van der Waals surface area (Å²) in [5, 5.41) is 73.6. The van der Waals surface area contributed by atoms with E-state index in [1.54, 1.807) is 0 Å². The number of aliphatic hydroxyl groups is 2. The zero-order valence-electron chi connectivity index (χ0n) is 63.1. The lowest BCUT2D eigenvalue weighted by Gasteiger charge is -2.23. The van der Waals surface area contributed by atoms with Crippen molar-refractivity contribution < 1.29 is 162 Å². The highest BCUT2D eigenvalue weighted by molar-refractivity contribution is 7.60. The minimum Gasteiger partial charge on any atom is -0.756 e. The van der Waals surface area contributed by atoms with E-state index in [9.17, 15) is 116 Å². The third-order valence-electron chi connectivity index (χ3n) is 18.7. The van der Waals surface area contributed by atoms with Crippen LogP contribution in [0.1, 0.15) is 53.9 Å². The number of anilines is 2. The van der Waals surface area contributed by atoms with Gasteiger partial charge in [-0.2, -0.15) is 0 Å². The van der Waals surface area contributed by atoms with Crippen molar-refractivity contribution in [2.75, 3.05) is 50.9 Å². The number of aromatic amines is 2. The van der Waals surface area contributed by atoms with E-state index < -0.39 is 141 Å². The number of amides is 4. The van der Waals surface area contributed by atoms with Gasteiger partial charge in [0.15, 0.2) is 41.8 Å². The molecule has 0 spiro atoms. The van der Waals surface area contributed by atoms with Crippen molar-refractivity contribution in [1.29, 1.82) is 0 Å². The molecule has 8 aromatic rings. The van der Waals surface area contributed by atoms with Crippen molar-refractivity contribution in [1.82, 2.24) is 50.3 Å². The number of carbonyl (C=O) groups excluding carboxylic acids is 4. The van der Waals surface area contributed by atoms with E-state index in [0.717, 1.165) is 21.3 Å². The van der Waals surface area contributed by atoms with Crippen molar-refractivity contribution in [3.05, 3.63) is 185 Å². The van der Waals surface area contributed by atoms with Crippen LogP contribution in [-0.2, 0) is 69.0 Å². The molecule has 0 radical (unpaired) electrons. The number of phenols is 2. The summed E-state index contributed by atoms with van der Waals surface area (Å²) in [6.07, 6.45) is -13.5. The number of imidazole rings is 2. The van der Waals surface area contributed by atoms with Gasteiger partial charge in [-0.3, -0.25) is 66.0 Å². The SMILES string of the molecule is Cn1c[n+]([C@@H]2O[C@H](COP(=O)(O)OP(=O)([O-])O)[C@@H](O)[C@H]2OC(=O)NCCNC(=O)c2ccc(-c3c4ccc(=O)cc-4oc4cc(O)ccc34)c(C(=O)O)c2)c2nc(N)[nH]c(=O)c21.Cn1c[n+]([C@@H]2O[C@H](COP(=O)(O)OP(=O)([O-])O)[C@@H](OC(=O)NCCNC(=O)c3ccc(-c4c5ccc(=O)cc-5oc5cc(O)ccc45)c(C(=O)O)c3)[C@H]2O)c2nc(N)[nH]c(=O)c21. The maximum absolute atomic E-state index is 13.2. The Bertz CT molecular complexity index is 6720. The van der Waals surface area contributed by atoms with Gasteiger partial charge in [-0.05, 0) is 83.9 Å². The highest BCUT2D eigenvalue weighted by atomic mass is 31.3. The van der Waals surface area contributed by atoms with Crippen LogP contribution in [0.3, 0.4) is 0 Å². The predicted molar refractivity (Wildman–Crippen MR) is 413 cm³/mol. The van der Waals surface area contributed by atoms with Crippen LogP contribution in [0.4, 0.5) is 21.5 Å². The molecule has 6 aliphatic rings. The molecule has 0 bridgehead atoms. The molecule has 54 heteroatoms. The smallest absolute Gasteiger partial charge is 0.478 e. The maximum atomic E-state index is 13.2. The number of benzene rings is 6. The first-order valence-electron chi connectivity index (χ1n) is 35.6. The normalized spacial score (nSPS) is 19.6. The molecule has 4 amide bonds. The van der Waals surface area contributed by atoms with E-state index in [0.29, 0.717) is 33.0 Å². The topological polar surface area (TPSA) is 763 Å². The number of alkyl carbamates (subject to hydrolysis) is 2. The lowest BCUT2D eigenvalue weighted by Crippen LogP contribution is -2.49. The second-order valence-corrected chi connectivity index (χ2v) is 32.7. The first-order chi connectivity index (χ1) is 58.4. The number of nitrogens with one attached hydrogen (secondary N) is 6. The number of aromatic carboxylic acids is 2. The number of aryl methyl sites for hydroxylation is 2. The number of aromatic hydroxyl groups is 2. The predicted octanol–water partition coefficient (Wildman–Crippen LogP) is -0.419. The molecule has 652 valence electrons. The number of ether oxygens (including phenoxy) is 4. The van der Waals surface area contributed by atoms with Crippen LogP contribution in [0.15, 0.2) is 150 Å². The number of hydrogen-bond donors (Lipinski definition) is 18. The van der Waals surface area contributed by atoms with Gasteiger partial charge in [0.25, 0.3) is 50.5 Å². The Morgan fingerprint density at radius 2 is 0.919 bits per heavy atom. The molecule has 12 atom stereocenters. The number of aromatic nitrogens is 8. The van der Waals surface area contributed by atoms with Crippen molar-refractivity contribution in [3.63, 3.8) is 0 Å². The van der Waals surface area contributed by atoms with E-state index in [1.165, 1.54) is 133 Å². The number of phosphoric ester groups is 2. The molecule has 2 fully saturated rings. The molecular weight excluding hydrogens is 1740 g/mol. The quantitative estimate of drug-likeness (QED) is 0.0142. The minimum absolute atomic E-state index is 0.0268. The largest absolute Gasteiger partial charge is 0.756 e. The Morgan fingerprint density at radius 3 is 1.35 bits per heavy atom. The van der Waals surface area contributed by atoms with E-state index in [2.05, 4.69) is 58.9 Å². The maximum Gasteiger partial charge on any atom is 0.478 e. The number of aliphatic hydroxyl groups excluding tert-OH is 2. The molecule has 8 heterocycles. The Kier molecular flexibility index (Phi) is 25.1. The molecule has 50 nitrogen and oxygen atoms in total. The summed E-state index contributed by atoms with van der Waals surface area (Å²) in [6, 6.07) is 24.1. The number of carboxylic acids is 2. The van der Waals surface area contributed by atoms with Gasteiger partial charge >= 0.3 is 51.1 Å². The summed E-state index contributed by atoms with van der Waals surface area (Å²) in [4.78, 5) is 199. The molecule has 124 heavy (non-hydrogen) atoms. The Morgan fingerprint density at radius 1 is 0.524 bits per heavy atom. The molecule has 4 aromatic heterocycles. The number of carboxylic acid groups (broad SMARTS) is 2. The number of rotatable bonds is 26. The van der Waals surface area contributed by atoms with Gasteiger partial charge < -0.3 is 121 Å². The molecule has 4 aromatic carbocycles. The number of H-pyrrole nitrogens is 2. The third-order valence-corrected chi connectivity index (χ3v) is 23.0. The number of fused-ring (bicyclic) bond motifs is 6. The van der Waals surface area contributed by atoms with E-state index in [4.69, 9.17) is 49.0 Å². The zero-order chi connectivity index (χ0) is 89.7. The molecule has 20 N–H and O–H groups in total. The van der Waals surface area contributed by atoms with Gasteiger partial charge in [-0.25, -0.2) is 46.1 Å². The Hall–Kier alpha value is -13.1. The first kappa shape index (κ1) is 88.7. The van der Waals surface area contributed by atoms with Crippen molar-refractivity contribution in [3.8, 4) is 56.4 Å². The summed E-state index contributed by atoms with van der Waals surface area (Å²) in [7, 11) is -19.6. The van der Waals surface area contributed by atoms with Gasteiger partial charge in [0, 0.05) is 94.6 Å².